The number of hydrogen-bond donors (Lipinski definition) is 0. The van der Waals surface area contributed by atoms with Crippen LogP contribution < -0.4 is 0 Å². The van der Waals surface area contributed by atoms with Crippen LogP contribution in [0.1, 0.15) is 92.0 Å². The lowest BCUT2D eigenvalue weighted by atomic mass is 9.72. The molecule has 8 heteroatoms. The lowest BCUT2D eigenvalue weighted by molar-refractivity contribution is 0.340. The molecule has 0 N–H and O–H groups in total. The summed E-state index contributed by atoms with van der Waals surface area (Å²) in [5, 5.41) is 39.5. The molecule has 0 unspecified atom stereocenters. The summed E-state index contributed by atoms with van der Waals surface area (Å²) in [4.78, 5) is 13.0. The van der Waals surface area contributed by atoms with Gasteiger partial charge in [-0.1, -0.05) is 31.4 Å². The summed E-state index contributed by atoms with van der Waals surface area (Å²) in [6.07, 6.45) is 14.8. The molecule has 1 spiro atoms. The lowest BCUT2D eigenvalue weighted by Gasteiger charge is -2.32. The topological polar surface area (TPSA) is 121 Å². The summed E-state index contributed by atoms with van der Waals surface area (Å²) in [5.41, 5.74) is 6.48. The second kappa shape index (κ2) is 9.81. The van der Waals surface area contributed by atoms with E-state index < -0.39 is 0 Å². The molecule has 2 aromatic heterocycles. The van der Waals surface area contributed by atoms with Crippen molar-refractivity contribution in [1.82, 2.24) is 9.97 Å². The van der Waals surface area contributed by atoms with Gasteiger partial charge in [0.25, 0.3) is 0 Å². The molecule has 0 radical (unpaired) electrons. The lowest BCUT2D eigenvalue weighted by Crippen LogP contribution is -2.29. The van der Waals surface area contributed by atoms with Crippen LogP contribution in [0, 0.1) is 45.3 Å². The summed E-state index contributed by atoms with van der Waals surface area (Å²) in [5.74, 6) is 0. The van der Waals surface area contributed by atoms with E-state index in [-0.39, 0.29) is 16.6 Å². The first-order chi connectivity index (χ1) is 18.6. The third-order valence-corrected chi connectivity index (χ3v) is 10.6. The highest BCUT2D eigenvalue weighted by molar-refractivity contribution is 7.23. The summed E-state index contributed by atoms with van der Waals surface area (Å²) >= 11 is 3.46. The Hall–Kier alpha value is -3.82. The molecule has 6 rings (SSSR count). The van der Waals surface area contributed by atoms with Crippen LogP contribution in [0.3, 0.4) is 0 Å². The Morgan fingerprint density at radius 3 is 1.50 bits per heavy atom. The van der Waals surface area contributed by atoms with E-state index in [0.29, 0.717) is 0 Å². The maximum absolute atomic E-state index is 9.37. The van der Waals surface area contributed by atoms with Crippen LogP contribution in [0.2, 0.25) is 0 Å². The fourth-order valence-electron chi connectivity index (χ4n) is 6.33. The van der Waals surface area contributed by atoms with Gasteiger partial charge in [-0.15, -0.1) is 22.7 Å². The third-order valence-electron chi connectivity index (χ3n) is 8.19. The molecule has 1 fully saturated rings. The normalized spacial score (nSPS) is 19.3. The highest BCUT2D eigenvalue weighted by Crippen LogP contribution is 2.59. The largest absolute Gasteiger partial charge is 0.240 e. The van der Waals surface area contributed by atoms with Gasteiger partial charge in [0.2, 0.25) is 0 Å². The third kappa shape index (κ3) is 3.85. The molecule has 6 nitrogen and oxygen atoms in total. The smallest absolute Gasteiger partial charge is 0.132 e. The van der Waals surface area contributed by atoms with Crippen LogP contribution in [-0.2, 0) is 5.41 Å². The van der Waals surface area contributed by atoms with Gasteiger partial charge in [0.05, 0.1) is 26.6 Å². The van der Waals surface area contributed by atoms with Gasteiger partial charge in [0.1, 0.15) is 45.4 Å². The van der Waals surface area contributed by atoms with Gasteiger partial charge in [-0.05, 0) is 73.7 Å². The zero-order valence-electron chi connectivity index (χ0n) is 20.9. The molecule has 0 aromatic carbocycles. The van der Waals surface area contributed by atoms with Gasteiger partial charge in [-0.25, -0.2) is 9.97 Å². The van der Waals surface area contributed by atoms with Crippen LogP contribution in [0.4, 0.5) is 0 Å². The Labute approximate surface area is 230 Å². The number of hydrogen-bond acceptors (Lipinski definition) is 8. The molecule has 2 heterocycles. The van der Waals surface area contributed by atoms with E-state index in [1.807, 2.05) is 36.4 Å². The maximum atomic E-state index is 9.37. The highest BCUT2D eigenvalue weighted by Gasteiger charge is 2.49. The number of thiazole rings is 2. The van der Waals surface area contributed by atoms with E-state index >= 15 is 0 Å². The van der Waals surface area contributed by atoms with Crippen molar-refractivity contribution in [2.24, 2.45) is 0 Å². The van der Waals surface area contributed by atoms with E-state index in [9.17, 15) is 21.0 Å². The van der Waals surface area contributed by atoms with Crippen molar-refractivity contribution in [3.8, 4) is 34.0 Å². The average Bonchev–Trinajstić information content (AvgIpc) is 3.65. The van der Waals surface area contributed by atoms with Gasteiger partial charge < -0.3 is 0 Å². The Kier molecular flexibility index (Phi) is 6.33. The molecule has 0 amide bonds. The van der Waals surface area contributed by atoms with Crippen LogP contribution >= 0.6 is 22.7 Å². The summed E-state index contributed by atoms with van der Waals surface area (Å²) in [6, 6.07) is 8.20. The number of nitrogens with zero attached hydrogens (tertiary/aromatic N) is 6. The van der Waals surface area contributed by atoms with Gasteiger partial charge in [0.15, 0.2) is 0 Å². The number of fused-ring (bicyclic) bond motifs is 5. The van der Waals surface area contributed by atoms with Crippen molar-refractivity contribution in [1.29, 1.82) is 21.0 Å². The summed E-state index contributed by atoms with van der Waals surface area (Å²) in [6.45, 7) is 0. The van der Waals surface area contributed by atoms with Gasteiger partial charge in [-0.2, -0.15) is 21.0 Å². The number of nitriles is 4. The molecule has 0 aliphatic heterocycles. The molecule has 0 atom stereocenters. The number of rotatable bonds is 2. The minimum atomic E-state index is -0.150. The van der Waals surface area contributed by atoms with Crippen molar-refractivity contribution in [3.63, 3.8) is 0 Å². The molecule has 4 aliphatic carbocycles. The average molecular weight is 533 g/mol. The number of aromatic nitrogens is 2. The minimum absolute atomic E-state index is 0.150. The zero-order valence-corrected chi connectivity index (χ0v) is 22.6. The first-order valence-electron chi connectivity index (χ1n) is 13.1. The molecule has 1 saturated carbocycles. The summed E-state index contributed by atoms with van der Waals surface area (Å²) in [7, 11) is 0. The van der Waals surface area contributed by atoms with E-state index in [1.165, 1.54) is 27.6 Å². The number of allylic oxidation sites excluding steroid dienone is 8. The van der Waals surface area contributed by atoms with Crippen molar-refractivity contribution in [2.75, 3.05) is 0 Å². The van der Waals surface area contributed by atoms with Gasteiger partial charge >= 0.3 is 0 Å². The molecule has 0 saturated heterocycles. The molecule has 38 heavy (non-hydrogen) atoms. The first kappa shape index (κ1) is 24.5. The fourth-order valence-corrected chi connectivity index (χ4v) is 8.88. The van der Waals surface area contributed by atoms with E-state index in [4.69, 9.17) is 9.97 Å². The maximum Gasteiger partial charge on any atom is 0.132 e. The van der Waals surface area contributed by atoms with E-state index in [1.54, 1.807) is 22.7 Å². The second-order valence-corrected chi connectivity index (χ2v) is 12.3. The predicted octanol–water partition coefficient (Wildman–Crippen LogP) is 7.65. The van der Waals surface area contributed by atoms with Crippen LogP contribution in [0.5, 0.6) is 0 Å². The molecular formula is C30H24N6S2. The fraction of sp³-hybridized carbons (Fsp3) is 0.400. The second-order valence-electron chi connectivity index (χ2n) is 10.3. The van der Waals surface area contributed by atoms with Crippen molar-refractivity contribution >= 4 is 33.8 Å². The van der Waals surface area contributed by atoms with Crippen molar-refractivity contribution in [2.45, 2.75) is 76.0 Å². The zero-order chi connectivity index (χ0) is 26.3. The Balaban J connectivity index is 1.46. The Morgan fingerprint density at radius 1 is 0.632 bits per heavy atom. The Morgan fingerprint density at radius 2 is 1.08 bits per heavy atom. The van der Waals surface area contributed by atoms with Gasteiger partial charge in [0, 0.05) is 0 Å². The minimum Gasteiger partial charge on any atom is -0.240 e. The predicted molar refractivity (Wildman–Crippen MR) is 147 cm³/mol. The van der Waals surface area contributed by atoms with Gasteiger partial charge in [-0.3, -0.25) is 0 Å². The molecule has 4 aliphatic rings. The van der Waals surface area contributed by atoms with E-state index in [0.717, 1.165) is 96.5 Å². The van der Waals surface area contributed by atoms with Crippen LogP contribution in [0.15, 0.2) is 34.4 Å². The highest BCUT2D eigenvalue weighted by atomic mass is 32.1. The quantitative estimate of drug-likeness (QED) is 0.366. The molecule has 2 aromatic rings. The molecule has 186 valence electrons. The Bertz CT molecular complexity index is 1490. The molecular weight excluding hydrogens is 509 g/mol. The monoisotopic (exact) mass is 532 g/mol. The SMILES string of the molecule is N#CC(C#N)=C1C=C(c2nc3c(s2)-c2sc(C4=CC(=C(C#N)C#N)CCC4)nc2C32CCCCC2)CCC1. The van der Waals surface area contributed by atoms with Crippen molar-refractivity contribution < 1.29 is 0 Å². The summed E-state index contributed by atoms with van der Waals surface area (Å²) < 4.78 is 0. The van der Waals surface area contributed by atoms with Crippen LogP contribution in [-0.4, -0.2) is 9.97 Å². The molecule has 0 bridgehead atoms. The van der Waals surface area contributed by atoms with Crippen molar-refractivity contribution in [3.05, 3.63) is 55.8 Å². The first-order valence-corrected chi connectivity index (χ1v) is 14.8. The standard InChI is InChI=1S/C30H24N6S2/c31-14-22(15-32)18-6-4-8-20(12-18)28-35-26-24(37-28)25-27(30(26)10-2-1-3-11-30)36-29(38-25)21-9-5-7-19(13-21)23(16-33)17-34/h12-13H,1-11H2. The van der Waals surface area contributed by atoms with E-state index in [2.05, 4.69) is 0 Å². The van der Waals surface area contributed by atoms with Crippen LogP contribution in [0.25, 0.3) is 20.9 Å².